The molecule has 0 aliphatic carbocycles. The number of benzene rings is 2. The maximum atomic E-state index is 14.2. The Bertz CT molecular complexity index is 1060. The van der Waals surface area contributed by atoms with Crippen LogP contribution in [0.4, 0.5) is 34.6 Å². The van der Waals surface area contributed by atoms with Gasteiger partial charge in [-0.2, -0.15) is 13.2 Å². The van der Waals surface area contributed by atoms with Crippen molar-refractivity contribution in [1.29, 1.82) is 0 Å². The molecule has 0 spiro atoms. The zero-order valence-corrected chi connectivity index (χ0v) is 14.8. The molecule has 142 valence electrons. The van der Waals surface area contributed by atoms with Crippen molar-refractivity contribution in [3.8, 4) is 5.75 Å². The summed E-state index contributed by atoms with van der Waals surface area (Å²) in [6.45, 7) is 7.33. The minimum absolute atomic E-state index is 0.0160. The van der Waals surface area contributed by atoms with E-state index in [1.807, 2.05) is 0 Å². The molecule has 0 saturated heterocycles. The summed E-state index contributed by atoms with van der Waals surface area (Å²) in [5.41, 5.74) is -1.08. The predicted octanol–water partition coefficient (Wildman–Crippen LogP) is 4.85. The lowest BCUT2D eigenvalue weighted by atomic mass is 10.1. The van der Waals surface area contributed by atoms with E-state index >= 15 is 0 Å². The van der Waals surface area contributed by atoms with Gasteiger partial charge in [-0.05, 0) is 12.1 Å². The molecule has 1 heterocycles. The van der Waals surface area contributed by atoms with Crippen LogP contribution in [0.3, 0.4) is 0 Å². The average Bonchev–Trinajstić information content (AvgIpc) is 2.58. The molecule has 0 amide bonds. The number of ether oxygens (including phenoxy) is 1. The minimum Gasteiger partial charge on any atom is -0.489 e. The molecule has 1 aliphatic rings. The van der Waals surface area contributed by atoms with Gasteiger partial charge >= 0.3 is 6.18 Å². The summed E-state index contributed by atoms with van der Waals surface area (Å²) in [5, 5.41) is 0. The van der Waals surface area contributed by atoms with E-state index in [4.69, 9.17) is 22.0 Å². The number of nitrogens with zero attached hydrogens (tertiary/aromatic N) is 2. The van der Waals surface area contributed by atoms with Crippen LogP contribution in [-0.4, -0.2) is 21.6 Å². The van der Waals surface area contributed by atoms with Crippen molar-refractivity contribution < 1.29 is 30.7 Å². The zero-order valence-electron chi connectivity index (χ0n) is 13.2. The van der Waals surface area contributed by atoms with Crippen molar-refractivity contribution in [2.45, 2.75) is 11.1 Å². The molecule has 27 heavy (non-hydrogen) atoms. The summed E-state index contributed by atoms with van der Waals surface area (Å²) >= 11 is 0. The average molecular weight is 421 g/mol. The van der Waals surface area contributed by atoms with Crippen molar-refractivity contribution >= 4 is 36.8 Å². The van der Waals surface area contributed by atoms with Crippen molar-refractivity contribution in [3.63, 3.8) is 0 Å². The van der Waals surface area contributed by atoms with Crippen LogP contribution in [0.25, 0.3) is 4.85 Å². The fourth-order valence-corrected chi connectivity index (χ4v) is 3.57. The molecule has 0 bridgehead atoms. The summed E-state index contributed by atoms with van der Waals surface area (Å²) in [6.07, 6.45) is -4.61. The van der Waals surface area contributed by atoms with Gasteiger partial charge < -0.3 is 9.64 Å². The lowest BCUT2D eigenvalue weighted by molar-refractivity contribution is -0.137. The molecule has 2 aromatic rings. The Labute approximate surface area is 156 Å². The number of hydrogen-bond acceptors (Lipinski definition) is 4. The van der Waals surface area contributed by atoms with E-state index in [0.29, 0.717) is 6.07 Å². The SMILES string of the molecule is [C-]#[N+]c1cc(C(F)(F)F)ccc1N1CCOc2cc(S(=O)(=O)Cl)c(F)cc21. The normalized spacial score (nSPS) is 14.3. The lowest BCUT2D eigenvalue weighted by Gasteiger charge is -2.32. The van der Waals surface area contributed by atoms with Gasteiger partial charge in [0.15, 0.2) is 0 Å². The molecule has 2 aromatic carbocycles. The first-order valence-electron chi connectivity index (χ1n) is 7.29. The topological polar surface area (TPSA) is 51.0 Å². The van der Waals surface area contributed by atoms with E-state index in [2.05, 4.69) is 4.85 Å². The minimum atomic E-state index is -4.61. The predicted molar refractivity (Wildman–Crippen MR) is 89.6 cm³/mol. The Morgan fingerprint density at radius 2 is 1.89 bits per heavy atom. The fourth-order valence-electron chi connectivity index (χ4n) is 2.67. The van der Waals surface area contributed by atoms with Gasteiger partial charge in [-0.25, -0.2) is 17.7 Å². The van der Waals surface area contributed by atoms with Crippen molar-refractivity contribution in [2.75, 3.05) is 18.1 Å². The van der Waals surface area contributed by atoms with Crippen LogP contribution >= 0.6 is 10.7 Å². The molecule has 0 saturated carbocycles. The van der Waals surface area contributed by atoms with E-state index in [1.165, 1.54) is 4.90 Å². The molecule has 5 nitrogen and oxygen atoms in total. The Kier molecular flexibility index (Phi) is 4.69. The van der Waals surface area contributed by atoms with Crippen molar-refractivity contribution in [3.05, 3.63) is 53.1 Å². The molecule has 0 aromatic heterocycles. The number of rotatable bonds is 2. The van der Waals surface area contributed by atoms with E-state index in [1.54, 1.807) is 0 Å². The van der Waals surface area contributed by atoms with Gasteiger partial charge in [0.2, 0.25) is 5.69 Å². The second-order valence-corrected chi connectivity index (χ2v) is 8.04. The second-order valence-electron chi connectivity index (χ2n) is 5.50. The third kappa shape index (κ3) is 3.65. The molecule has 0 atom stereocenters. The number of alkyl halides is 3. The first-order chi connectivity index (χ1) is 12.5. The van der Waals surface area contributed by atoms with Crippen LogP contribution in [-0.2, 0) is 15.2 Å². The van der Waals surface area contributed by atoms with Gasteiger partial charge in [0.25, 0.3) is 9.05 Å². The number of fused-ring (bicyclic) bond motifs is 1. The van der Waals surface area contributed by atoms with Gasteiger partial charge in [-0.1, -0.05) is 6.07 Å². The standard InChI is InChI=1S/C16H9ClF4N2O3S/c1-22-11-6-9(16(19,20)21)2-3-12(11)23-4-5-26-14-8-15(27(17,24)25)10(18)7-13(14)23/h2-3,6-8H,4-5H2. The molecule has 0 N–H and O–H groups in total. The van der Waals surface area contributed by atoms with E-state index < -0.39 is 31.5 Å². The summed E-state index contributed by atoms with van der Waals surface area (Å²) in [5.74, 6) is -1.16. The maximum Gasteiger partial charge on any atom is 0.415 e. The molecular weight excluding hydrogens is 412 g/mol. The highest BCUT2D eigenvalue weighted by Crippen LogP contribution is 2.44. The maximum absolute atomic E-state index is 14.2. The third-order valence-corrected chi connectivity index (χ3v) is 5.19. The Morgan fingerprint density at radius 1 is 1.19 bits per heavy atom. The van der Waals surface area contributed by atoms with Crippen molar-refractivity contribution in [2.24, 2.45) is 0 Å². The molecular formula is C16H9ClF4N2O3S. The Hall–Kier alpha value is -2.51. The summed E-state index contributed by atoms with van der Waals surface area (Å²) in [7, 11) is 0.826. The molecule has 1 aliphatic heterocycles. The molecule has 0 unspecified atom stereocenters. The quantitative estimate of drug-likeness (QED) is 0.396. The van der Waals surface area contributed by atoms with Gasteiger partial charge in [0.05, 0.1) is 18.8 Å². The molecule has 11 heteroatoms. The lowest BCUT2D eigenvalue weighted by Crippen LogP contribution is -2.29. The third-order valence-electron chi connectivity index (χ3n) is 3.85. The number of anilines is 2. The van der Waals surface area contributed by atoms with Crippen LogP contribution in [0.2, 0.25) is 0 Å². The van der Waals surface area contributed by atoms with Crippen LogP contribution in [0, 0.1) is 12.4 Å². The monoisotopic (exact) mass is 420 g/mol. The Balaban J connectivity index is 2.15. The summed E-state index contributed by atoms with van der Waals surface area (Å²) in [4.78, 5) is 3.74. The smallest absolute Gasteiger partial charge is 0.415 e. The summed E-state index contributed by atoms with van der Waals surface area (Å²) in [6, 6.07) is 4.38. The van der Waals surface area contributed by atoms with E-state index in [-0.39, 0.29) is 36.0 Å². The number of hydrogen-bond donors (Lipinski definition) is 0. The van der Waals surface area contributed by atoms with Gasteiger partial charge in [0.1, 0.15) is 23.1 Å². The largest absolute Gasteiger partial charge is 0.489 e. The highest BCUT2D eigenvalue weighted by molar-refractivity contribution is 8.13. The second kappa shape index (κ2) is 6.58. The first-order valence-corrected chi connectivity index (χ1v) is 9.60. The highest BCUT2D eigenvalue weighted by Gasteiger charge is 2.32. The number of halogens is 5. The van der Waals surface area contributed by atoms with Crippen molar-refractivity contribution in [1.82, 2.24) is 0 Å². The Morgan fingerprint density at radius 3 is 2.48 bits per heavy atom. The zero-order chi connectivity index (χ0) is 20.0. The molecule has 0 radical (unpaired) electrons. The van der Waals surface area contributed by atoms with Gasteiger partial charge in [0, 0.05) is 34.1 Å². The van der Waals surface area contributed by atoms with Gasteiger partial charge in [-0.3, -0.25) is 0 Å². The van der Waals surface area contributed by atoms with Gasteiger partial charge in [-0.15, -0.1) is 0 Å². The van der Waals surface area contributed by atoms with E-state index in [9.17, 15) is 26.0 Å². The van der Waals surface area contributed by atoms with Crippen LogP contribution in [0.15, 0.2) is 35.2 Å². The fraction of sp³-hybridized carbons (Fsp3) is 0.188. The van der Waals surface area contributed by atoms with Crippen LogP contribution in [0.5, 0.6) is 5.75 Å². The molecule has 3 rings (SSSR count). The van der Waals surface area contributed by atoms with E-state index in [0.717, 1.165) is 24.3 Å². The van der Waals surface area contributed by atoms with Crippen LogP contribution in [0.1, 0.15) is 5.56 Å². The first kappa shape index (κ1) is 19.3. The highest BCUT2D eigenvalue weighted by atomic mass is 35.7. The summed E-state index contributed by atoms with van der Waals surface area (Å²) < 4.78 is 81.0. The van der Waals surface area contributed by atoms with Crippen LogP contribution < -0.4 is 9.64 Å². The molecule has 0 fully saturated rings.